The number of amides is 1. The molecule has 1 aromatic heterocycles. The molecule has 3 rings (SSSR count). The van der Waals surface area contributed by atoms with Gasteiger partial charge in [0, 0.05) is 12.5 Å². The van der Waals surface area contributed by atoms with Crippen molar-refractivity contribution < 1.29 is 18.7 Å². The zero-order chi connectivity index (χ0) is 17.8. The van der Waals surface area contributed by atoms with E-state index in [-0.39, 0.29) is 30.6 Å². The highest BCUT2D eigenvalue weighted by molar-refractivity contribution is 5.78. The van der Waals surface area contributed by atoms with Crippen LogP contribution in [-0.2, 0) is 14.3 Å². The van der Waals surface area contributed by atoms with E-state index in [1.807, 2.05) is 13.8 Å². The van der Waals surface area contributed by atoms with Crippen molar-refractivity contribution in [2.75, 3.05) is 26.4 Å². The first-order valence-corrected chi connectivity index (χ1v) is 9.38. The molecule has 0 aromatic carbocycles. The molecular weight excluding hydrogens is 322 g/mol. The monoisotopic (exact) mass is 351 g/mol. The van der Waals surface area contributed by atoms with Crippen LogP contribution in [-0.4, -0.2) is 53.5 Å². The minimum Gasteiger partial charge on any atom is -0.423 e. The third-order valence-corrected chi connectivity index (χ3v) is 5.14. The van der Waals surface area contributed by atoms with Gasteiger partial charge in [-0.2, -0.15) is 0 Å². The molecule has 0 spiro atoms. The Bertz CT molecular complexity index is 574. The summed E-state index contributed by atoms with van der Waals surface area (Å²) in [4.78, 5) is 14.5. The van der Waals surface area contributed by atoms with Crippen LogP contribution in [0, 0.1) is 5.92 Å². The topological polar surface area (TPSA) is 77.7 Å². The highest BCUT2D eigenvalue weighted by Gasteiger charge is 2.33. The van der Waals surface area contributed by atoms with Crippen molar-refractivity contribution in [3.63, 3.8) is 0 Å². The maximum absolute atomic E-state index is 12.7. The lowest BCUT2D eigenvalue weighted by Crippen LogP contribution is -2.45. The molecule has 2 heterocycles. The predicted molar refractivity (Wildman–Crippen MR) is 91.0 cm³/mol. The van der Waals surface area contributed by atoms with Crippen LogP contribution in [0.2, 0.25) is 0 Å². The molecule has 2 aliphatic rings. The molecule has 7 nitrogen and oxygen atoms in total. The molecule has 1 aromatic rings. The number of hydrogen-bond acceptors (Lipinski definition) is 6. The Morgan fingerprint density at radius 3 is 2.84 bits per heavy atom. The lowest BCUT2D eigenvalue weighted by molar-refractivity contribution is -0.149. The molecule has 1 amide bonds. The number of rotatable bonds is 5. The largest absolute Gasteiger partial charge is 0.423 e. The van der Waals surface area contributed by atoms with E-state index < -0.39 is 0 Å². The Labute approximate surface area is 149 Å². The van der Waals surface area contributed by atoms with Crippen molar-refractivity contribution >= 4 is 5.91 Å². The second kappa shape index (κ2) is 8.27. The van der Waals surface area contributed by atoms with E-state index in [1.165, 1.54) is 19.3 Å². The molecule has 2 fully saturated rings. The number of nitrogens with zero attached hydrogens (tertiary/aromatic N) is 3. The minimum absolute atomic E-state index is 0.0321. The van der Waals surface area contributed by atoms with Gasteiger partial charge in [0.2, 0.25) is 17.7 Å². The first kappa shape index (κ1) is 18.3. The smallest absolute Gasteiger partial charge is 0.249 e. The fourth-order valence-corrected chi connectivity index (χ4v) is 3.51. The second-order valence-corrected chi connectivity index (χ2v) is 7.42. The Hall–Kier alpha value is -1.47. The summed E-state index contributed by atoms with van der Waals surface area (Å²) >= 11 is 0. The van der Waals surface area contributed by atoms with E-state index in [2.05, 4.69) is 17.1 Å². The number of ether oxygens (including phenoxy) is 2. The van der Waals surface area contributed by atoms with E-state index in [4.69, 9.17) is 13.9 Å². The summed E-state index contributed by atoms with van der Waals surface area (Å²) in [5.41, 5.74) is 0. The molecule has 0 unspecified atom stereocenters. The van der Waals surface area contributed by atoms with Gasteiger partial charge in [0.25, 0.3) is 0 Å². The molecule has 140 valence electrons. The standard InChI is InChI=1S/C18H29N3O4/c1-12(2)17-19-20-18(25-17)14-10-23-9-8-21(14)16(22)11-24-15-7-5-4-6-13(15)3/h12-15H,4-11H2,1-3H3/t13-,14-,15+/m0/s1. The van der Waals surface area contributed by atoms with Crippen LogP contribution < -0.4 is 0 Å². The zero-order valence-electron chi connectivity index (χ0n) is 15.4. The van der Waals surface area contributed by atoms with Crippen molar-refractivity contribution in [1.82, 2.24) is 15.1 Å². The third kappa shape index (κ3) is 4.39. The molecule has 25 heavy (non-hydrogen) atoms. The van der Waals surface area contributed by atoms with E-state index in [0.717, 1.165) is 6.42 Å². The highest BCUT2D eigenvalue weighted by atomic mass is 16.5. The van der Waals surface area contributed by atoms with Gasteiger partial charge in [-0.3, -0.25) is 4.79 Å². The SMILES string of the molecule is CC(C)c1nnc([C@@H]2COCCN2C(=O)CO[C@@H]2CCCC[C@@H]2C)o1. The number of morpholine rings is 1. The Balaban J connectivity index is 1.62. The summed E-state index contributed by atoms with van der Waals surface area (Å²) in [5.74, 6) is 1.68. The van der Waals surface area contributed by atoms with Gasteiger partial charge < -0.3 is 18.8 Å². The summed E-state index contributed by atoms with van der Waals surface area (Å²) in [5, 5.41) is 8.20. The number of carbonyl (C=O) groups is 1. The summed E-state index contributed by atoms with van der Waals surface area (Å²) in [6.45, 7) is 7.73. The minimum atomic E-state index is -0.325. The molecule has 0 N–H and O–H groups in total. The van der Waals surface area contributed by atoms with Crippen molar-refractivity contribution in [3.05, 3.63) is 11.8 Å². The summed E-state index contributed by atoms with van der Waals surface area (Å²) in [6.07, 6.45) is 4.86. The third-order valence-electron chi connectivity index (χ3n) is 5.14. The van der Waals surface area contributed by atoms with Crippen LogP contribution in [0.5, 0.6) is 0 Å². The zero-order valence-corrected chi connectivity index (χ0v) is 15.4. The van der Waals surface area contributed by atoms with Crippen LogP contribution in [0.1, 0.15) is 70.2 Å². The van der Waals surface area contributed by atoms with Crippen LogP contribution in [0.3, 0.4) is 0 Å². The molecule has 1 aliphatic heterocycles. The van der Waals surface area contributed by atoms with Crippen LogP contribution in [0.25, 0.3) is 0 Å². The molecule has 1 saturated carbocycles. The van der Waals surface area contributed by atoms with Crippen LogP contribution in [0.15, 0.2) is 4.42 Å². The van der Waals surface area contributed by atoms with Crippen molar-refractivity contribution in [2.24, 2.45) is 5.92 Å². The van der Waals surface area contributed by atoms with Gasteiger partial charge in [-0.25, -0.2) is 0 Å². The first-order valence-electron chi connectivity index (χ1n) is 9.38. The highest BCUT2D eigenvalue weighted by Crippen LogP contribution is 2.28. The average molecular weight is 351 g/mol. The van der Waals surface area contributed by atoms with Crippen molar-refractivity contribution in [2.45, 2.75) is 64.5 Å². The second-order valence-electron chi connectivity index (χ2n) is 7.42. The molecule has 7 heteroatoms. The van der Waals surface area contributed by atoms with Gasteiger partial charge in [-0.05, 0) is 18.8 Å². The molecule has 1 saturated heterocycles. The van der Waals surface area contributed by atoms with Crippen molar-refractivity contribution in [1.29, 1.82) is 0 Å². The Morgan fingerprint density at radius 1 is 1.32 bits per heavy atom. The molecule has 0 bridgehead atoms. The fraction of sp³-hybridized carbons (Fsp3) is 0.833. The van der Waals surface area contributed by atoms with Gasteiger partial charge >= 0.3 is 0 Å². The van der Waals surface area contributed by atoms with E-state index in [0.29, 0.717) is 37.5 Å². The summed E-state index contributed by atoms with van der Waals surface area (Å²) < 4.78 is 17.2. The average Bonchev–Trinajstić information content (AvgIpc) is 3.11. The van der Waals surface area contributed by atoms with E-state index in [9.17, 15) is 4.79 Å². The van der Waals surface area contributed by atoms with Crippen molar-refractivity contribution in [3.8, 4) is 0 Å². The van der Waals surface area contributed by atoms with Crippen LogP contribution >= 0.6 is 0 Å². The Morgan fingerprint density at radius 2 is 2.12 bits per heavy atom. The van der Waals surface area contributed by atoms with Gasteiger partial charge in [-0.15, -0.1) is 10.2 Å². The quantitative estimate of drug-likeness (QED) is 0.812. The number of hydrogen-bond donors (Lipinski definition) is 0. The Kier molecular flexibility index (Phi) is 6.06. The molecule has 0 radical (unpaired) electrons. The predicted octanol–water partition coefficient (Wildman–Crippen LogP) is 2.69. The molecule has 1 aliphatic carbocycles. The maximum atomic E-state index is 12.7. The van der Waals surface area contributed by atoms with Gasteiger partial charge in [-0.1, -0.05) is 33.6 Å². The maximum Gasteiger partial charge on any atom is 0.249 e. The summed E-state index contributed by atoms with van der Waals surface area (Å²) in [7, 11) is 0. The fourth-order valence-electron chi connectivity index (χ4n) is 3.51. The lowest BCUT2D eigenvalue weighted by Gasteiger charge is -2.34. The van der Waals surface area contributed by atoms with Crippen LogP contribution in [0.4, 0.5) is 0 Å². The normalized spacial score (nSPS) is 27.7. The van der Waals surface area contributed by atoms with Gasteiger partial charge in [0.05, 0.1) is 19.3 Å². The lowest BCUT2D eigenvalue weighted by atomic mass is 9.88. The molecular formula is C18H29N3O4. The first-order chi connectivity index (χ1) is 12.1. The van der Waals surface area contributed by atoms with E-state index >= 15 is 0 Å². The van der Waals surface area contributed by atoms with Gasteiger partial charge in [0.1, 0.15) is 12.6 Å². The number of aromatic nitrogens is 2. The van der Waals surface area contributed by atoms with Gasteiger partial charge in [0.15, 0.2) is 0 Å². The molecule has 3 atom stereocenters. The summed E-state index contributed by atoms with van der Waals surface area (Å²) in [6, 6.07) is -0.325. The van der Waals surface area contributed by atoms with E-state index in [1.54, 1.807) is 4.90 Å². The number of carbonyl (C=O) groups excluding carboxylic acids is 1.